The van der Waals surface area contributed by atoms with Gasteiger partial charge in [0.1, 0.15) is 21.3 Å². The van der Waals surface area contributed by atoms with E-state index in [1.165, 1.54) is 64.2 Å². The lowest BCUT2D eigenvalue weighted by Gasteiger charge is -2.04. The Morgan fingerprint density at radius 3 is 1.35 bits per heavy atom. The van der Waals surface area contributed by atoms with Gasteiger partial charge in [0.05, 0.1) is 0 Å². The van der Waals surface area contributed by atoms with Gasteiger partial charge in [0.15, 0.2) is 0 Å². The number of esters is 2. The SMILES string of the molecule is CCCCCCCCSc1nnc(-c2ccc(OC(=O)c3ccc(C(=O)Oc4ccc(-c5nnc(SCCCCCCCC)o5)cc4)s3)cc2)o1. The number of carbonyl (C=O) groups excluding carboxylic acids is 2. The summed E-state index contributed by atoms with van der Waals surface area (Å²) in [7, 11) is 0. The number of nitrogens with zero attached hydrogens (tertiary/aromatic N) is 4. The van der Waals surface area contributed by atoms with Crippen LogP contribution in [0.15, 0.2) is 79.9 Å². The molecule has 5 aromatic rings. The van der Waals surface area contributed by atoms with Crippen LogP contribution in [0.5, 0.6) is 11.5 Å². The van der Waals surface area contributed by atoms with Gasteiger partial charge in [-0.25, -0.2) is 9.59 Å². The molecule has 5 rings (SSSR count). The van der Waals surface area contributed by atoms with Gasteiger partial charge in [-0.15, -0.1) is 31.7 Å². The van der Waals surface area contributed by atoms with Crippen LogP contribution >= 0.6 is 34.9 Å². The largest absolute Gasteiger partial charge is 0.422 e. The van der Waals surface area contributed by atoms with E-state index in [1.54, 1.807) is 84.2 Å². The zero-order chi connectivity index (χ0) is 35.7. The van der Waals surface area contributed by atoms with Gasteiger partial charge in [0.2, 0.25) is 11.8 Å². The maximum Gasteiger partial charge on any atom is 0.353 e. The summed E-state index contributed by atoms with van der Waals surface area (Å²) in [5.74, 6) is 2.25. The van der Waals surface area contributed by atoms with Gasteiger partial charge in [-0.1, -0.05) is 102 Å². The van der Waals surface area contributed by atoms with E-state index >= 15 is 0 Å². The van der Waals surface area contributed by atoms with E-state index < -0.39 is 11.9 Å². The molecular weight excluding hydrogens is 705 g/mol. The minimum absolute atomic E-state index is 0.270. The van der Waals surface area contributed by atoms with Crippen molar-refractivity contribution in [2.24, 2.45) is 0 Å². The molecule has 0 radical (unpaired) electrons. The van der Waals surface area contributed by atoms with Crippen LogP contribution < -0.4 is 9.47 Å². The minimum Gasteiger partial charge on any atom is -0.422 e. The van der Waals surface area contributed by atoms with E-state index in [4.69, 9.17) is 18.3 Å². The molecule has 0 spiro atoms. The fraction of sp³-hybridized carbons (Fsp3) is 0.421. The standard InChI is InChI=1S/C38H44N4O6S3/c1-3-5-7-9-11-13-25-49-37-41-39-33(47-37)27-15-19-29(20-16-27)45-35(43)31-23-24-32(51-31)36(44)46-30-21-17-28(18-22-30)34-40-42-38(48-34)50-26-14-12-10-8-6-4-2/h15-24H,3-14,25-26H2,1-2H3. The van der Waals surface area contributed by atoms with E-state index in [0.29, 0.717) is 33.7 Å². The third kappa shape index (κ3) is 12.4. The van der Waals surface area contributed by atoms with Crippen LogP contribution in [0, 0.1) is 0 Å². The first-order chi connectivity index (χ1) is 25.0. The molecule has 0 N–H and O–H groups in total. The van der Waals surface area contributed by atoms with Crippen molar-refractivity contribution in [1.82, 2.24) is 20.4 Å². The van der Waals surface area contributed by atoms with Crippen LogP contribution in [-0.4, -0.2) is 43.8 Å². The van der Waals surface area contributed by atoms with Crippen LogP contribution in [0.3, 0.4) is 0 Å². The summed E-state index contributed by atoms with van der Waals surface area (Å²) in [5.41, 5.74) is 1.45. The maximum atomic E-state index is 12.8. The van der Waals surface area contributed by atoms with E-state index in [-0.39, 0.29) is 9.75 Å². The third-order valence-electron chi connectivity index (χ3n) is 7.89. The maximum absolute atomic E-state index is 12.8. The predicted octanol–water partition coefficient (Wildman–Crippen LogP) is 11.2. The van der Waals surface area contributed by atoms with Crippen molar-refractivity contribution in [2.75, 3.05) is 11.5 Å². The van der Waals surface area contributed by atoms with Crippen molar-refractivity contribution in [3.8, 4) is 34.4 Å². The smallest absolute Gasteiger partial charge is 0.353 e. The van der Waals surface area contributed by atoms with Crippen LogP contribution in [0.25, 0.3) is 22.9 Å². The number of carbonyl (C=O) groups is 2. The Morgan fingerprint density at radius 2 is 0.941 bits per heavy atom. The Kier molecular flexibility index (Phi) is 15.6. The first-order valence-electron chi connectivity index (χ1n) is 17.7. The summed E-state index contributed by atoms with van der Waals surface area (Å²) in [4.78, 5) is 26.2. The highest BCUT2D eigenvalue weighted by Crippen LogP contribution is 2.29. The van der Waals surface area contributed by atoms with E-state index in [0.717, 1.165) is 46.8 Å². The van der Waals surface area contributed by atoms with E-state index in [2.05, 4.69) is 34.2 Å². The van der Waals surface area contributed by atoms with Crippen molar-refractivity contribution in [3.63, 3.8) is 0 Å². The average molecular weight is 749 g/mol. The van der Waals surface area contributed by atoms with Crippen molar-refractivity contribution in [1.29, 1.82) is 0 Å². The number of thioether (sulfide) groups is 2. The summed E-state index contributed by atoms with van der Waals surface area (Å²) >= 11 is 4.13. The van der Waals surface area contributed by atoms with Gasteiger partial charge in [-0.3, -0.25) is 0 Å². The normalized spacial score (nSPS) is 11.2. The first-order valence-corrected chi connectivity index (χ1v) is 20.5. The van der Waals surface area contributed by atoms with Crippen molar-refractivity contribution in [3.05, 3.63) is 70.4 Å². The highest BCUT2D eigenvalue weighted by molar-refractivity contribution is 7.99. The van der Waals surface area contributed by atoms with Gasteiger partial charge in [-0.2, -0.15) is 0 Å². The topological polar surface area (TPSA) is 130 Å². The molecule has 10 nitrogen and oxygen atoms in total. The van der Waals surface area contributed by atoms with E-state index in [9.17, 15) is 9.59 Å². The summed E-state index contributed by atoms with van der Waals surface area (Å²) in [6, 6.07) is 16.8. The Morgan fingerprint density at radius 1 is 0.549 bits per heavy atom. The molecule has 51 heavy (non-hydrogen) atoms. The molecule has 0 atom stereocenters. The monoisotopic (exact) mass is 748 g/mol. The van der Waals surface area contributed by atoms with Gasteiger partial charge >= 0.3 is 11.9 Å². The molecule has 0 aliphatic heterocycles. The molecule has 0 aliphatic carbocycles. The van der Waals surface area contributed by atoms with Gasteiger partial charge in [0.25, 0.3) is 10.4 Å². The summed E-state index contributed by atoms with van der Waals surface area (Å²) in [6.07, 6.45) is 14.9. The van der Waals surface area contributed by atoms with Gasteiger partial charge in [-0.05, 0) is 73.5 Å². The second kappa shape index (κ2) is 20.8. The average Bonchev–Trinajstić information content (AvgIpc) is 3.94. The predicted molar refractivity (Wildman–Crippen MR) is 202 cm³/mol. The Hall–Kier alpha value is -3.94. The zero-order valence-electron chi connectivity index (χ0n) is 29.1. The minimum atomic E-state index is -0.577. The number of ether oxygens (including phenoxy) is 2. The lowest BCUT2D eigenvalue weighted by molar-refractivity contribution is 0.0732. The van der Waals surface area contributed by atoms with Gasteiger partial charge in [0, 0.05) is 22.6 Å². The fourth-order valence-electron chi connectivity index (χ4n) is 5.06. The number of benzene rings is 2. The van der Waals surface area contributed by atoms with Crippen LogP contribution in [0.2, 0.25) is 0 Å². The summed E-state index contributed by atoms with van der Waals surface area (Å²) in [6.45, 7) is 4.44. The molecule has 0 bridgehead atoms. The zero-order valence-corrected chi connectivity index (χ0v) is 31.6. The summed E-state index contributed by atoms with van der Waals surface area (Å²) < 4.78 is 22.7. The number of thiophene rings is 1. The molecule has 3 aromatic heterocycles. The Balaban J connectivity index is 1.04. The molecule has 0 aliphatic rings. The number of hydrogen-bond acceptors (Lipinski definition) is 13. The molecule has 0 amide bonds. The Bertz CT molecular complexity index is 1660. The second-order valence-corrected chi connectivity index (χ2v) is 15.1. The van der Waals surface area contributed by atoms with Crippen molar-refractivity contribution >= 4 is 46.8 Å². The number of aromatic nitrogens is 4. The number of rotatable bonds is 22. The molecule has 0 saturated carbocycles. The molecule has 0 fully saturated rings. The lowest BCUT2D eigenvalue weighted by Crippen LogP contribution is -2.07. The quantitative estimate of drug-likeness (QED) is 0.0289. The van der Waals surface area contributed by atoms with Gasteiger partial charge < -0.3 is 18.3 Å². The molecule has 3 heterocycles. The fourth-order valence-corrected chi connectivity index (χ4v) is 7.33. The van der Waals surface area contributed by atoms with E-state index in [1.807, 2.05) is 0 Å². The molecule has 0 unspecified atom stereocenters. The highest BCUT2D eigenvalue weighted by atomic mass is 32.2. The van der Waals surface area contributed by atoms with Crippen LogP contribution in [-0.2, 0) is 0 Å². The third-order valence-corrected chi connectivity index (χ3v) is 10.7. The Labute approximate surface area is 311 Å². The number of hydrogen-bond donors (Lipinski definition) is 0. The first kappa shape index (κ1) is 38.3. The van der Waals surface area contributed by atoms with Crippen molar-refractivity contribution in [2.45, 2.75) is 101 Å². The van der Waals surface area contributed by atoms with Crippen LogP contribution in [0.4, 0.5) is 0 Å². The highest BCUT2D eigenvalue weighted by Gasteiger charge is 2.18. The molecule has 270 valence electrons. The summed E-state index contributed by atoms with van der Waals surface area (Å²) in [5, 5.41) is 17.7. The number of unbranched alkanes of at least 4 members (excludes halogenated alkanes) is 10. The van der Waals surface area contributed by atoms with Crippen molar-refractivity contribution < 1.29 is 27.9 Å². The molecular formula is C38H44N4O6S3. The lowest BCUT2D eigenvalue weighted by atomic mass is 10.1. The molecule has 0 saturated heterocycles. The molecule has 2 aromatic carbocycles. The van der Waals surface area contributed by atoms with Crippen LogP contribution in [0.1, 0.15) is 110 Å². The molecule has 13 heteroatoms. The second-order valence-electron chi connectivity index (χ2n) is 12.0.